The lowest BCUT2D eigenvalue weighted by Gasteiger charge is -2.18. The molecule has 0 saturated heterocycles. The molecule has 0 radical (unpaired) electrons. The number of hydrogen-bond donors (Lipinski definition) is 1. The first kappa shape index (κ1) is 87.6. The van der Waals surface area contributed by atoms with E-state index in [9.17, 15) is 29.1 Å². The van der Waals surface area contributed by atoms with E-state index in [0.29, 0.717) is 44.3 Å². The fourth-order valence-corrected chi connectivity index (χ4v) is 11.9. The van der Waals surface area contributed by atoms with E-state index in [1.165, 1.54) is 154 Å². The number of aliphatic hydroxyl groups is 1. The van der Waals surface area contributed by atoms with Crippen LogP contribution in [0.5, 0.6) is 0 Å². The summed E-state index contributed by atoms with van der Waals surface area (Å²) in [7, 11) is 0. The van der Waals surface area contributed by atoms with Crippen molar-refractivity contribution in [1.82, 2.24) is 0 Å². The van der Waals surface area contributed by atoms with E-state index in [1.807, 2.05) is 0 Å². The highest BCUT2D eigenvalue weighted by atomic mass is 16.6. The van der Waals surface area contributed by atoms with Gasteiger partial charge in [-0.25, -0.2) is 0 Å². The van der Waals surface area contributed by atoms with Crippen LogP contribution in [0.15, 0.2) is 0 Å². The first-order valence-electron chi connectivity index (χ1n) is 38.9. The van der Waals surface area contributed by atoms with E-state index in [0.717, 1.165) is 193 Å². The molecule has 0 aromatic rings. The van der Waals surface area contributed by atoms with Crippen LogP contribution in [0.25, 0.3) is 0 Å². The maximum Gasteiger partial charge on any atom is 0.306 e. The number of esters is 4. The highest BCUT2D eigenvalue weighted by Gasteiger charge is 2.19. The number of rotatable bonds is 68. The second-order valence-corrected chi connectivity index (χ2v) is 26.8. The molecule has 0 rings (SSSR count). The molecule has 0 spiro atoms. The molecular formula is C78H150O10. The molecule has 0 aliphatic carbocycles. The molecule has 0 atom stereocenters. The smallest absolute Gasteiger partial charge is 0.306 e. The fourth-order valence-electron chi connectivity index (χ4n) is 11.9. The Labute approximate surface area is 546 Å². The van der Waals surface area contributed by atoms with Crippen LogP contribution in [0.1, 0.15) is 441 Å². The van der Waals surface area contributed by atoms with Gasteiger partial charge in [-0.2, -0.15) is 0 Å². The molecule has 88 heavy (non-hydrogen) atoms. The monoisotopic (exact) mass is 1250 g/mol. The van der Waals surface area contributed by atoms with Crippen LogP contribution in [0.4, 0.5) is 0 Å². The third-order valence-electron chi connectivity index (χ3n) is 17.7. The predicted molar refractivity (Wildman–Crippen MR) is 373 cm³/mol. The Balaban J connectivity index is 0. The summed E-state index contributed by atoms with van der Waals surface area (Å²) in [6.45, 7) is 17.8. The summed E-state index contributed by atoms with van der Waals surface area (Å²) in [5.74, 6) is 0.0858. The number of ether oxygens (including phenoxy) is 4. The largest absolute Gasteiger partial charge is 0.462 e. The molecule has 0 saturated carbocycles. The molecule has 522 valence electrons. The molecule has 0 fully saturated rings. The quantitative estimate of drug-likeness (QED) is 0.0355. The van der Waals surface area contributed by atoms with Crippen LogP contribution in [0.2, 0.25) is 0 Å². The van der Waals surface area contributed by atoms with Gasteiger partial charge in [0.05, 0.1) is 6.10 Å². The highest BCUT2D eigenvalue weighted by Crippen LogP contribution is 2.23. The van der Waals surface area contributed by atoms with Crippen molar-refractivity contribution in [1.29, 1.82) is 0 Å². The highest BCUT2D eigenvalue weighted by molar-refractivity contribution is 5.78. The van der Waals surface area contributed by atoms with Crippen LogP contribution in [0, 0.1) is 0 Å². The molecule has 1 N–H and O–H groups in total. The van der Waals surface area contributed by atoms with E-state index in [2.05, 4.69) is 55.4 Å². The zero-order valence-electron chi connectivity index (χ0n) is 59.9. The van der Waals surface area contributed by atoms with E-state index >= 15 is 0 Å². The zero-order chi connectivity index (χ0) is 65.0. The molecule has 10 nitrogen and oxygen atoms in total. The average Bonchev–Trinajstić information content (AvgIpc) is 3.51. The first-order chi connectivity index (χ1) is 42.9. The van der Waals surface area contributed by atoms with Crippen LogP contribution in [0.3, 0.4) is 0 Å². The summed E-state index contributed by atoms with van der Waals surface area (Å²) in [5.41, 5.74) is 0. The molecule has 0 heterocycles. The van der Waals surface area contributed by atoms with Crippen molar-refractivity contribution in [2.75, 3.05) is 0 Å². The molecule has 0 aliphatic heterocycles. The van der Waals surface area contributed by atoms with Gasteiger partial charge < -0.3 is 24.1 Å². The number of hydrogen-bond acceptors (Lipinski definition) is 10. The van der Waals surface area contributed by atoms with E-state index < -0.39 is 0 Å². The lowest BCUT2D eigenvalue weighted by Crippen LogP contribution is -2.18. The van der Waals surface area contributed by atoms with Crippen LogP contribution >= 0.6 is 0 Å². The third kappa shape index (κ3) is 65.0. The maximum absolute atomic E-state index is 12.5. The van der Waals surface area contributed by atoms with Gasteiger partial charge in [0.25, 0.3) is 0 Å². The Morgan fingerprint density at radius 1 is 0.216 bits per heavy atom. The van der Waals surface area contributed by atoms with Crippen molar-refractivity contribution in [3.63, 3.8) is 0 Å². The third-order valence-corrected chi connectivity index (χ3v) is 17.7. The van der Waals surface area contributed by atoms with Gasteiger partial charge in [0.15, 0.2) is 0 Å². The first-order valence-corrected chi connectivity index (χ1v) is 38.9. The number of carbonyl (C=O) groups excluding carboxylic acids is 5. The Bertz CT molecular complexity index is 1350. The predicted octanol–water partition coefficient (Wildman–Crippen LogP) is 24.1. The molecule has 0 bridgehead atoms. The number of aliphatic hydroxyl groups excluding tert-OH is 1. The van der Waals surface area contributed by atoms with Gasteiger partial charge in [-0.05, 0) is 154 Å². The zero-order valence-corrected chi connectivity index (χ0v) is 59.9. The van der Waals surface area contributed by atoms with Crippen molar-refractivity contribution >= 4 is 29.7 Å². The summed E-state index contributed by atoms with van der Waals surface area (Å²) in [6, 6.07) is 0. The Morgan fingerprint density at radius 2 is 0.375 bits per heavy atom. The fraction of sp³-hybridized carbons (Fsp3) is 0.936. The lowest BCUT2D eigenvalue weighted by atomic mass is 10.0. The Kier molecular flexibility index (Phi) is 70.0. The van der Waals surface area contributed by atoms with Gasteiger partial charge in [-0.1, -0.05) is 248 Å². The topological polar surface area (TPSA) is 142 Å². The summed E-state index contributed by atoms with van der Waals surface area (Å²) < 4.78 is 23.5. The van der Waals surface area contributed by atoms with Crippen molar-refractivity contribution in [3.05, 3.63) is 0 Å². The van der Waals surface area contributed by atoms with Gasteiger partial charge in [-0.3, -0.25) is 24.0 Å². The minimum Gasteiger partial charge on any atom is -0.462 e. The van der Waals surface area contributed by atoms with Gasteiger partial charge in [-0.15, -0.1) is 0 Å². The number of carbonyl (C=O) groups is 5. The second-order valence-electron chi connectivity index (χ2n) is 26.8. The van der Waals surface area contributed by atoms with Crippen molar-refractivity contribution < 1.29 is 48.0 Å². The van der Waals surface area contributed by atoms with Gasteiger partial charge in [0, 0.05) is 38.5 Å². The molecule has 0 aliphatic rings. The van der Waals surface area contributed by atoms with Gasteiger partial charge in [0.2, 0.25) is 0 Å². The van der Waals surface area contributed by atoms with Crippen LogP contribution < -0.4 is 0 Å². The Morgan fingerprint density at radius 3 is 0.568 bits per heavy atom. The van der Waals surface area contributed by atoms with E-state index in [4.69, 9.17) is 18.9 Å². The summed E-state index contributed by atoms with van der Waals surface area (Å²) in [4.78, 5) is 62.2. The summed E-state index contributed by atoms with van der Waals surface area (Å²) in [6.07, 6.45) is 62.0. The summed E-state index contributed by atoms with van der Waals surface area (Å²) >= 11 is 0. The van der Waals surface area contributed by atoms with Crippen LogP contribution in [-0.2, 0) is 42.9 Å². The van der Waals surface area contributed by atoms with E-state index in [-0.39, 0.29) is 54.4 Å². The normalized spacial score (nSPS) is 11.5. The Hall–Kier alpha value is -2.49. The molecule has 0 amide bonds. The van der Waals surface area contributed by atoms with E-state index in [1.54, 1.807) is 0 Å². The minimum atomic E-state index is -0.292. The molecule has 0 unspecified atom stereocenters. The average molecular weight is 1250 g/mol. The number of unbranched alkanes of at least 4 members (excludes halogenated alkanes) is 32. The SMILES string of the molecule is CCCCCCC(CCCCCC)OC(=O)CCCCCC(=O)CCCCCC(=O)OC(CCCCCC)CCCCCC.CCCCCCC(CCCCCC)OC(=O)CCCCCC(O)CCCCCC(=O)OC(CCCCCC)CCCCCC. The number of Topliss-reactive ketones (excluding diaryl/α,β-unsaturated/α-hetero) is 1. The van der Waals surface area contributed by atoms with Crippen molar-refractivity contribution in [2.45, 2.75) is 471 Å². The van der Waals surface area contributed by atoms with Gasteiger partial charge in [0.1, 0.15) is 30.2 Å². The second kappa shape index (κ2) is 70.4. The van der Waals surface area contributed by atoms with Crippen molar-refractivity contribution in [2.24, 2.45) is 0 Å². The molecule has 0 aromatic carbocycles. The molecule has 10 heteroatoms. The minimum absolute atomic E-state index is 0.0423. The summed E-state index contributed by atoms with van der Waals surface area (Å²) in [5, 5.41) is 10.4. The number of ketones is 1. The standard InChI is InChI=1S/C39H76O5.C39H74O5/c2*1-5-9-13-21-29-36(30-22-14-10-6-2)43-38(41)33-25-17-19-27-35(40)28-20-18-26-34-39(42)44-37(31-23-15-11-7-3)32-24-16-12-8-4/h35-37,40H,5-34H2,1-4H3;36-37H,5-34H2,1-4H3. The molecular weight excluding hydrogens is 1100 g/mol. The lowest BCUT2D eigenvalue weighted by molar-refractivity contribution is -0.151. The molecule has 0 aromatic heterocycles. The van der Waals surface area contributed by atoms with Crippen molar-refractivity contribution in [3.8, 4) is 0 Å². The maximum atomic E-state index is 12.5. The van der Waals surface area contributed by atoms with Crippen LogP contribution in [-0.4, -0.2) is 65.3 Å². The van der Waals surface area contributed by atoms with Gasteiger partial charge >= 0.3 is 23.9 Å².